The van der Waals surface area contributed by atoms with Gasteiger partial charge in [0.25, 0.3) is 0 Å². The van der Waals surface area contributed by atoms with E-state index in [1.54, 1.807) is 0 Å². The van der Waals surface area contributed by atoms with Crippen LogP contribution in [0.3, 0.4) is 0 Å². The molecule has 1 rings (SSSR count). The maximum Gasteiger partial charge on any atom is 0.393 e. The van der Waals surface area contributed by atoms with Gasteiger partial charge >= 0.3 is 5.97 Å². The van der Waals surface area contributed by atoms with Gasteiger partial charge in [0.15, 0.2) is 0 Å². The van der Waals surface area contributed by atoms with Crippen molar-refractivity contribution in [2.45, 2.75) is 12.8 Å². The molecule has 68 valence electrons. The molecule has 1 aliphatic heterocycles. The number of nitrogens with zero attached hydrogens (tertiary/aromatic N) is 1. The van der Waals surface area contributed by atoms with Gasteiger partial charge in [0, 0.05) is 19.5 Å². The molecule has 0 unspecified atom stereocenters. The van der Waals surface area contributed by atoms with Crippen LogP contribution in [0.2, 0.25) is 0 Å². The van der Waals surface area contributed by atoms with Crippen LogP contribution in [0.5, 0.6) is 0 Å². The standard InChI is InChI=1S/C7H11NO4/c9-5-2-6(10)7(11)12-8-3-1-4-8/h9H,1-5H2. The van der Waals surface area contributed by atoms with E-state index in [1.807, 2.05) is 0 Å². The molecule has 0 saturated carbocycles. The third-order valence-corrected chi connectivity index (χ3v) is 1.59. The Labute approximate surface area is 69.9 Å². The van der Waals surface area contributed by atoms with E-state index < -0.39 is 11.8 Å². The number of ketones is 1. The first kappa shape index (κ1) is 9.15. The Kier molecular flexibility index (Phi) is 3.19. The molecule has 0 aromatic heterocycles. The number of carbonyl (C=O) groups excluding carboxylic acids is 2. The van der Waals surface area contributed by atoms with Gasteiger partial charge in [-0.05, 0) is 6.42 Å². The fourth-order valence-electron chi connectivity index (χ4n) is 0.750. The Morgan fingerprint density at radius 2 is 2.08 bits per heavy atom. The molecule has 1 saturated heterocycles. The lowest BCUT2D eigenvalue weighted by molar-refractivity contribution is -0.207. The number of hydrogen-bond acceptors (Lipinski definition) is 5. The number of rotatable bonds is 4. The predicted molar refractivity (Wildman–Crippen MR) is 39.0 cm³/mol. The molecule has 0 aromatic rings. The second kappa shape index (κ2) is 4.18. The van der Waals surface area contributed by atoms with Crippen molar-refractivity contribution in [2.75, 3.05) is 19.7 Å². The fourth-order valence-corrected chi connectivity index (χ4v) is 0.750. The minimum absolute atomic E-state index is 0.160. The van der Waals surface area contributed by atoms with Gasteiger partial charge in [0.05, 0.1) is 6.61 Å². The fraction of sp³-hybridized carbons (Fsp3) is 0.714. The van der Waals surface area contributed by atoms with Crippen LogP contribution in [0.25, 0.3) is 0 Å². The maximum absolute atomic E-state index is 10.8. The van der Waals surface area contributed by atoms with Gasteiger partial charge in [-0.2, -0.15) is 0 Å². The largest absolute Gasteiger partial charge is 0.396 e. The topological polar surface area (TPSA) is 66.8 Å². The SMILES string of the molecule is O=C(CCO)C(=O)ON1CCC1. The van der Waals surface area contributed by atoms with Crippen molar-refractivity contribution < 1.29 is 19.5 Å². The molecule has 0 amide bonds. The summed E-state index contributed by atoms with van der Waals surface area (Å²) in [6, 6.07) is 0. The molecule has 1 aliphatic rings. The molecule has 1 fully saturated rings. The van der Waals surface area contributed by atoms with Gasteiger partial charge in [0.2, 0.25) is 5.78 Å². The Hall–Kier alpha value is -0.940. The van der Waals surface area contributed by atoms with E-state index in [4.69, 9.17) is 5.11 Å². The summed E-state index contributed by atoms with van der Waals surface area (Å²) in [7, 11) is 0. The number of Topliss-reactive ketones (excluding diaryl/α,β-unsaturated/α-hetero) is 1. The number of aliphatic hydroxyl groups excluding tert-OH is 1. The lowest BCUT2D eigenvalue weighted by Gasteiger charge is -2.27. The molecule has 0 radical (unpaired) electrons. The van der Waals surface area contributed by atoms with Crippen molar-refractivity contribution in [3.05, 3.63) is 0 Å². The van der Waals surface area contributed by atoms with Gasteiger partial charge < -0.3 is 9.94 Å². The van der Waals surface area contributed by atoms with Crippen molar-refractivity contribution in [3.63, 3.8) is 0 Å². The minimum atomic E-state index is -0.872. The summed E-state index contributed by atoms with van der Waals surface area (Å²) in [5, 5.41) is 9.78. The summed E-state index contributed by atoms with van der Waals surface area (Å²) < 4.78 is 0. The van der Waals surface area contributed by atoms with E-state index in [0.29, 0.717) is 13.1 Å². The lowest BCUT2D eigenvalue weighted by Crippen LogP contribution is -2.40. The molecule has 0 spiro atoms. The van der Waals surface area contributed by atoms with Crippen molar-refractivity contribution in [1.29, 1.82) is 0 Å². The highest BCUT2D eigenvalue weighted by Gasteiger charge is 2.22. The second-order valence-corrected chi connectivity index (χ2v) is 2.56. The molecule has 0 bridgehead atoms. The number of hydrogen-bond donors (Lipinski definition) is 1. The van der Waals surface area contributed by atoms with Gasteiger partial charge in [-0.15, -0.1) is 5.06 Å². The predicted octanol–water partition coefficient (Wildman–Crippen LogP) is -0.898. The molecule has 0 aromatic carbocycles. The Morgan fingerprint density at radius 3 is 2.50 bits per heavy atom. The van der Waals surface area contributed by atoms with E-state index in [1.165, 1.54) is 5.06 Å². The van der Waals surface area contributed by atoms with Crippen molar-refractivity contribution in [3.8, 4) is 0 Å². The van der Waals surface area contributed by atoms with Crippen LogP contribution >= 0.6 is 0 Å². The summed E-state index contributed by atoms with van der Waals surface area (Å²) in [5.41, 5.74) is 0. The summed E-state index contributed by atoms with van der Waals surface area (Å²) in [6.07, 6.45) is 0.828. The van der Waals surface area contributed by atoms with Crippen LogP contribution in [0.1, 0.15) is 12.8 Å². The van der Waals surface area contributed by atoms with Crippen molar-refractivity contribution in [2.24, 2.45) is 0 Å². The maximum atomic E-state index is 10.8. The van der Waals surface area contributed by atoms with E-state index in [9.17, 15) is 9.59 Å². The van der Waals surface area contributed by atoms with Gasteiger partial charge in [-0.25, -0.2) is 4.79 Å². The first-order valence-electron chi connectivity index (χ1n) is 3.85. The van der Waals surface area contributed by atoms with Crippen LogP contribution in [0.4, 0.5) is 0 Å². The number of aliphatic hydroxyl groups is 1. The summed E-state index contributed by atoms with van der Waals surface area (Å²) in [4.78, 5) is 26.2. The van der Waals surface area contributed by atoms with E-state index in [2.05, 4.69) is 4.84 Å². The van der Waals surface area contributed by atoms with Gasteiger partial charge in [-0.3, -0.25) is 4.79 Å². The summed E-state index contributed by atoms with van der Waals surface area (Å²) in [6.45, 7) is 1.07. The third-order valence-electron chi connectivity index (χ3n) is 1.59. The van der Waals surface area contributed by atoms with E-state index >= 15 is 0 Å². The third kappa shape index (κ3) is 2.28. The van der Waals surface area contributed by atoms with Crippen molar-refractivity contribution in [1.82, 2.24) is 5.06 Å². The Balaban J connectivity index is 2.21. The van der Waals surface area contributed by atoms with Crippen LogP contribution < -0.4 is 0 Å². The number of carbonyl (C=O) groups is 2. The van der Waals surface area contributed by atoms with Crippen LogP contribution in [-0.4, -0.2) is 41.6 Å². The highest BCUT2D eigenvalue weighted by Crippen LogP contribution is 2.06. The lowest BCUT2D eigenvalue weighted by atomic mass is 10.3. The van der Waals surface area contributed by atoms with Gasteiger partial charge in [-0.1, -0.05) is 0 Å². The second-order valence-electron chi connectivity index (χ2n) is 2.56. The quantitative estimate of drug-likeness (QED) is 0.558. The zero-order valence-electron chi connectivity index (χ0n) is 6.65. The Bertz CT molecular complexity index is 188. The molecule has 5 nitrogen and oxygen atoms in total. The molecule has 5 heteroatoms. The molecule has 1 N–H and O–H groups in total. The first-order chi connectivity index (χ1) is 5.74. The molecule has 1 heterocycles. The van der Waals surface area contributed by atoms with E-state index in [-0.39, 0.29) is 13.0 Å². The monoisotopic (exact) mass is 173 g/mol. The highest BCUT2D eigenvalue weighted by atomic mass is 16.7. The average molecular weight is 173 g/mol. The first-order valence-corrected chi connectivity index (χ1v) is 3.85. The smallest absolute Gasteiger partial charge is 0.393 e. The number of hydroxylamine groups is 2. The molecule has 12 heavy (non-hydrogen) atoms. The average Bonchev–Trinajstić information content (AvgIpc) is 1.97. The van der Waals surface area contributed by atoms with Gasteiger partial charge in [0.1, 0.15) is 0 Å². The summed E-state index contributed by atoms with van der Waals surface area (Å²) in [5.74, 6) is -1.55. The van der Waals surface area contributed by atoms with Crippen LogP contribution in [-0.2, 0) is 14.4 Å². The molecule has 0 aliphatic carbocycles. The van der Waals surface area contributed by atoms with Crippen LogP contribution in [0, 0.1) is 0 Å². The Morgan fingerprint density at radius 1 is 1.42 bits per heavy atom. The molecular formula is C7H11NO4. The highest BCUT2D eigenvalue weighted by molar-refractivity contribution is 6.33. The molecule has 0 atom stereocenters. The van der Waals surface area contributed by atoms with E-state index in [0.717, 1.165) is 6.42 Å². The zero-order valence-corrected chi connectivity index (χ0v) is 6.65. The zero-order chi connectivity index (χ0) is 8.97. The molecular weight excluding hydrogens is 162 g/mol. The minimum Gasteiger partial charge on any atom is -0.396 e. The van der Waals surface area contributed by atoms with Crippen molar-refractivity contribution >= 4 is 11.8 Å². The van der Waals surface area contributed by atoms with Crippen LogP contribution in [0.15, 0.2) is 0 Å². The normalized spacial score (nSPS) is 16.8. The summed E-state index contributed by atoms with van der Waals surface area (Å²) >= 11 is 0.